The van der Waals surface area contributed by atoms with Crippen LogP contribution < -0.4 is 0 Å². The van der Waals surface area contributed by atoms with E-state index in [9.17, 15) is 4.79 Å². The zero-order valence-electron chi connectivity index (χ0n) is 13.5. The number of hydrogen-bond acceptors (Lipinski definition) is 5. The highest BCUT2D eigenvalue weighted by molar-refractivity contribution is 7.16. The van der Waals surface area contributed by atoms with Gasteiger partial charge in [-0.25, -0.2) is 0 Å². The Bertz CT molecular complexity index is 1030. The van der Waals surface area contributed by atoms with Crippen molar-refractivity contribution in [2.45, 2.75) is 13.3 Å². The molecule has 3 heterocycles. The predicted molar refractivity (Wildman–Crippen MR) is 97.1 cm³/mol. The van der Waals surface area contributed by atoms with Crippen molar-refractivity contribution in [3.05, 3.63) is 70.5 Å². The first-order valence-corrected chi connectivity index (χ1v) is 8.48. The Morgan fingerprint density at radius 2 is 2.04 bits per heavy atom. The Balaban J connectivity index is 1.91. The van der Waals surface area contributed by atoms with E-state index in [1.165, 1.54) is 17.5 Å². The molecule has 5 heteroatoms. The van der Waals surface area contributed by atoms with E-state index in [2.05, 4.69) is 21.8 Å². The molecule has 25 heavy (non-hydrogen) atoms. The Morgan fingerprint density at radius 3 is 2.84 bits per heavy atom. The summed E-state index contributed by atoms with van der Waals surface area (Å²) in [5, 5.41) is 8.90. The third-order valence-corrected chi connectivity index (χ3v) is 4.47. The molecule has 120 valence electrons. The lowest BCUT2D eigenvalue weighted by molar-refractivity contribution is 0.0988. The molecule has 0 aliphatic rings. The van der Waals surface area contributed by atoms with Gasteiger partial charge < -0.3 is 0 Å². The van der Waals surface area contributed by atoms with Crippen LogP contribution in [-0.2, 0) is 0 Å². The normalized spacial score (nSPS) is 9.76. The monoisotopic (exact) mass is 343 g/mol. The number of ketones is 1. The van der Waals surface area contributed by atoms with Crippen LogP contribution in [0, 0.1) is 23.2 Å². The van der Waals surface area contributed by atoms with Crippen LogP contribution >= 0.6 is 11.3 Å². The van der Waals surface area contributed by atoms with Crippen molar-refractivity contribution in [2.75, 3.05) is 0 Å². The molecule has 0 bridgehead atoms. The van der Waals surface area contributed by atoms with Crippen molar-refractivity contribution in [1.82, 2.24) is 9.97 Å². The maximum atomic E-state index is 12.1. The van der Waals surface area contributed by atoms with Gasteiger partial charge >= 0.3 is 0 Å². The van der Waals surface area contributed by atoms with E-state index < -0.39 is 0 Å². The van der Waals surface area contributed by atoms with Gasteiger partial charge in [0.2, 0.25) is 0 Å². The van der Waals surface area contributed by atoms with Crippen LogP contribution in [0.5, 0.6) is 0 Å². The number of rotatable bonds is 3. The number of nitriles is 1. The lowest BCUT2D eigenvalue weighted by Crippen LogP contribution is -2.00. The molecule has 0 radical (unpaired) electrons. The highest BCUT2D eigenvalue weighted by Gasteiger charge is 2.13. The van der Waals surface area contributed by atoms with E-state index >= 15 is 0 Å². The minimum absolute atomic E-state index is 0.0727. The summed E-state index contributed by atoms with van der Waals surface area (Å²) in [6.07, 6.45) is 5.26. The Labute approximate surface area is 149 Å². The largest absolute Gasteiger partial charge is 0.294 e. The van der Waals surface area contributed by atoms with Gasteiger partial charge in [0.25, 0.3) is 0 Å². The number of carbonyl (C=O) groups excluding carboxylic acids is 1. The van der Waals surface area contributed by atoms with Crippen molar-refractivity contribution in [3.63, 3.8) is 0 Å². The van der Waals surface area contributed by atoms with Gasteiger partial charge in [-0.05, 0) is 30.3 Å². The van der Waals surface area contributed by atoms with Gasteiger partial charge in [-0.3, -0.25) is 14.8 Å². The first kappa shape index (κ1) is 16.6. The molecule has 4 nitrogen and oxygen atoms in total. The quantitative estimate of drug-likeness (QED) is 0.531. The summed E-state index contributed by atoms with van der Waals surface area (Å²) in [6.45, 7) is 1.84. The number of aromatic nitrogens is 2. The van der Waals surface area contributed by atoms with E-state index in [0.717, 1.165) is 9.75 Å². The van der Waals surface area contributed by atoms with Crippen molar-refractivity contribution in [1.29, 1.82) is 5.26 Å². The van der Waals surface area contributed by atoms with Gasteiger partial charge in [0, 0.05) is 36.1 Å². The second-order valence-corrected chi connectivity index (χ2v) is 6.25. The van der Waals surface area contributed by atoms with Crippen LogP contribution in [0.2, 0.25) is 0 Å². The van der Waals surface area contributed by atoms with Crippen molar-refractivity contribution >= 4 is 17.1 Å². The van der Waals surface area contributed by atoms with Crippen LogP contribution in [0.25, 0.3) is 10.6 Å². The second-order valence-electron chi connectivity index (χ2n) is 5.16. The fourth-order valence-corrected chi connectivity index (χ4v) is 3.12. The number of thiophene rings is 1. The molecular weight excluding hydrogens is 330 g/mol. The van der Waals surface area contributed by atoms with Gasteiger partial charge in [-0.1, -0.05) is 18.8 Å². The molecule has 0 saturated carbocycles. The topological polar surface area (TPSA) is 66.6 Å². The Kier molecular flexibility index (Phi) is 4.99. The summed E-state index contributed by atoms with van der Waals surface area (Å²) < 4.78 is 0. The van der Waals surface area contributed by atoms with E-state index in [0.29, 0.717) is 28.8 Å². The predicted octanol–water partition coefficient (Wildman–Crippen LogP) is 4.07. The third kappa shape index (κ3) is 3.80. The first-order chi connectivity index (χ1) is 12.2. The molecule has 3 aromatic heterocycles. The number of hydrogen-bond donors (Lipinski definition) is 0. The maximum absolute atomic E-state index is 12.1. The molecule has 0 aliphatic carbocycles. The van der Waals surface area contributed by atoms with Crippen molar-refractivity contribution in [2.24, 2.45) is 0 Å². The zero-order chi connectivity index (χ0) is 17.6. The summed E-state index contributed by atoms with van der Waals surface area (Å²) in [7, 11) is 0. The van der Waals surface area contributed by atoms with E-state index in [1.807, 2.05) is 25.1 Å². The standard InChI is InChI=1S/C20H13N3OS/c1-2-18(24)17-4-3-9-23-20(17)19-8-7-16(25-19)6-5-14-10-15(11-21)13-22-12-14/h3-4,7-10,12-13H,2H2,1H3. The van der Waals surface area contributed by atoms with Crippen molar-refractivity contribution in [3.8, 4) is 28.5 Å². The number of nitrogens with zero attached hydrogens (tertiary/aromatic N) is 3. The van der Waals surface area contributed by atoms with Gasteiger partial charge in [0.15, 0.2) is 5.78 Å². The van der Waals surface area contributed by atoms with Gasteiger partial charge in [-0.15, -0.1) is 11.3 Å². The summed E-state index contributed by atoms with van der Waals surface area (Å²) >= 11 is 1.48. The highest BCUT2D eigenvalue weighted by atomic mass is 32.1. The smallest absolute Gasteiger partial charge is 0.164 e. The Hall–Kier alpha value is -3.28. The lowest BCUT2D eigenvalue weighted by atomic mass is 10.1. The van der Waals surface area contributed by atoms with Gasteiger partial charge in [0.1, 0.15) is 6.07 Å². The van der Waals surface area contributed by atoms with Crippen LogP contribution in [-0.4, -0.2) is 15.8 Å². The van der Waals surface area contributed by atoms with Gasteiger partial charge in [0.05, 0.1) is 21.0 Å². The van der Waals surface area contributed by atoms with Crippen LogP contribution in [0.1, 0.15) is 39.7 Å². The molecule has 0 fully saturated rings. The molecule has 0 aliphatic heterocycles. The average Bonchev–Trinajstić information content (AvgIpc) is 3.15. The van der Waals surface area contributed by atoms with E-state index in [4.69, 9.17) is 5.26 Å². The molecule has 0 spiro atoms. The zero-order valence-corrected chi connectivity index (χ0v) is 14.3. The molecule has 0 aromatic carbocycles. The van der Waals surface area contributed by atoms with Crippen LogP contribution in [0.4, 0.5) is 0 Å². The number of carbonyl (C=O) groups is 1. The second kappa shape index (κ2) is 7.53. The summed E-state index contributed by atoms with van der Waals surface area (Å²) in [5.41, 5.74) is 2.50. The fraction of sp³-hybridized carbons (Fsp3) is 0.100. The van der Waals surface area contributed by atoms with Crippen LogP contribution in [0.3, 0.4) is 0 Å². The summed E-state index contributed by atoms with van der Waals surface area (Å²) in [5.74, 6) is 6.15. The third-order valence-electron chi connectivity index (χ3n) is 3.47. The molecule has 0 atom stereocenters. The minimum Gasteiger partial charge on any atom is -0.294 e. The minimum atomic E-state index is 0.0727. The lowest BCUT2D eigenvalue weighted by Gasteiger charge is -2.03. The summed E-state index contributed by atoms with van der Waals surface area (Å²) in [4.78, 5) is 22.2. The molecule has 0 unspecified atom stereocenters. The molecule has 0 N–H and O–H groups in total. The average molecular weight is 343 g/mol. The van der Waals surface area contributed by atoms with Crippen LogP contribution in [0.15, 0.2) is 48.9 Å². The SMILES string of the molecule is CCC(=O)c1cccnc1-c1ccc(C#Cc2cncc(C#N)c2)s1. The molecular formula is C20H13N3OS. The van der Waals surface area contributed by atoms with Gasteiger partial charge in [-0.2, -0.15) is 5.26 Å². The molecule has 0 amide bonds. The van der Waals surface area contributed by atoms with Crippen molar-refractivity contribution < 1.29 is 4.79 Å². The number of Topliss-reactive ketones (excluding diaryl/α,β-unsaturated/α-hetero) is 1. The molecule has 0 saturated heterocycles. The van der Waals surface area contributed by atoms with E-state index in [1.54, 1.807) is 30.6 Å². The maximum Gasteiger partial charge on any atom is 0.164 e. The number of pyridine rings is 2. The first-order valence-electron chi connectivity index (χ1n) is 7.67. The van der Waals surface area contributed by atoms with E-state index in [-0.39, 0.29) is 5.78 Å². The highest BCUT2D eigenvalue weighted by Crippen LogP contribution is 2.29. The molecule has 3 aromatic rings. The Morgan fingerprint density at radius 1 is 1.20 bits per heavy atom. The molecule has 3 rings (SSSR count). The fourth-order valence-electron chi connectivity index (χ4n) is 2.25. The summed E-state index contributed by atoms with van der Waals surface area (Å²) in [6, 6.07) is 11.2.